The van der Waals surface area contributed by atoms with Crippen LogP contribution in [0.15, 0.2) is 42.6 Å². The van der Waals surface area contributed by atoms with Gasteiger partial charge < -0.3 is 18.9 Å². The van der Waals surface area contributed by atoms with E-state index in [1.807, 2.05) is 19.3 Å². The highest BCUT2D eigenvalue weighted by Crippen LogP contribution is 2.52. The standard InChI is InChI=1S/C22H22NO4/c1-23-12-16-17(15-11-10-13-8-6-7-9-14(13)18(15)23)20(25-3)22(27-5)21(26-4)19(16)24-2/h6-12H,1-5H3/q+1. The van der Waals surface area contributed by atoms with Gasteiger partial charge in [-0.25, -0.2) is 0 Å². The van der Waals surface area contributed by atoms with Gasteiger partial charge >= 0.3 is 0 Å². The number of hydrogen-bond acceptors (Lipinski definition) is 4. The zero-order chi connectivity index (χ0) is 19.1. The van der Waals surface area contributed by atoms with Crippen molar-refractivity contribution in [3.05, 3.63) is 42.6 Å². The number of methoxy groups -OCH3 is 4. The topological polar surface area (TPSA) is 40.8 Å². The average molecular weight is 364 g/mol. The Labute approximate surface area is 157 Å². The number of aryl methyl sites for hydroxylation is 1. The monoisotopic (exact) mass is 364 g/mol. The van der Waals surface area contributed by atoms with E-state index in [1.54, 1.807) is 28.4 Å². The highest BCUT2D eigenvalue weighted by Gasteiger charge is 2.28. The molecule has 0 aliphatic carbocycles. The molecule has 0 unspecified atom stereocenters. The number of hydrogen-bond donors (Lipinski definition) is 0. The number of aromatic nitrogens is 1. The minimum Gasteiger partial charge on any atom is -0.492 e. The Morgan fingerprint density at radius 1 is 0.630 bits per heavy atom. The zero-order valence-electron chi connectivity index (χ0n) is 16.1. The molecule has 1 aromatic heterocycles. The van der Waals surface area contributed by atoms with E-state index in [0.717, 1.165) is 21.7 Å². The molecule has 0 amide bonds. The van der Waals surface area contributed by atoms with E-state index in [1.165, 1.54) is 10.8 Å². The molecule has 1 heterocycles. The molecule has 27 heavy (non-hydrogen) atoms. The molecule has 4 aromatic rings. The maximum atomic E-state index is 5.78. The number of pyridine rings is 1. The minimum absolute atomic E-state index is 0.518. The van der Waals surface area contributed by atoms with Gasteiger partial charge in [-0.05, 0) is 17.5 Å². The molecule has 0 radical (unpaired) electrons. The lowest BCUT2D eigenvalue weighted by atomic mass is 9.99. The van der Waals surface area contributed by atoms with E-state index in [2.05, 4.69) is 34.9 Å². The molecule has 0 aliphatic rings. The predicted octanol–water partition coefficient (Wildman–Crippen LogP) is 4.01. The SMILES string of the molecule is COc1c(OC)c(OC)c2c(c[n+](C)c3c4ccccc4ccc23)c1OC. The molecule has 0 spiro atoms. The maximum absolute atomic E-state index is 5.78. The fraction of sp³-hybridized carbons (Fsp3) is 0.227. The normalized spacial score (nSPS) is 11.1. The van der Waals surface area contributed by atoms with Crippen molar-refractivity contribution in [1.29, 1.82) is 0 Å². The van der Waals surface area contributed by atoms with Crippen LogP contribution in [-0.2, 0) is 7.05 Å². The molecular formula is C22H22NO4+. The molecule has 0 atom stereocenters. The van der Waals surface area contributed by atoms with Gasteiger partial charge in [-0.3, -0.25) is 0 Å². The zero-order valence-corrected chi connectivity index (χ0v) is 16.1. The molecule has 138 valence electrons. The van der Waals surface area contributed by atoms with Crippen molar-refractivity contribution >= 4 is 32.4 Å². The van der Waals surface area contributed by atoms with Gasteiger partial charge in [0.05, 0.1) is 50.0 Å². The molecule has 0 N–H and O–H groups in total. The first-order chi connectivity index (χ1) is 13.2. The van der Waals surface area contributed by atoms with E-state index in [-0.39, 0.29) is 0 Å². The van der Waals surface area contributed by atoms with Crippen molar-refractivity contribution in [1.82, 2.24) is 0 Å². The van der Waals surface area contributed by atoms with E-state index in [0.29, 0.717) is 23.0 Å². The summed E-state index contributed by atoms with van der Waals surface area (Å²) in [6.07, 6.45) is 2.05. The average Bonchev–Trinajstić information content (AvgIpc) is 2.71. The molecule has 0 aliphatic heterocycles. The number of benzene rings is 3. The molecule has 4 rings (SSSR count). The molecule has 0 saturated carbocycles. The fourth-order valence-corrected chi connectivity index (χ4v) is 3.93. The number of rotatable bonds is 4. The molecule has 0 bridgehead atoms. The van der Waals surface area contributed by atoms with Crippen molar-refractivity contribution < 1.29 is 23.5 Å². The first-order valence-corrected chi connectivity index (χ1v) is 8.66. The Bertz CT molecular complexity index is 1180. The summed E-state index contributed by atoms with van der Waals surface area (Å²) in [6.45, 7) is 0. The molecule has 5 nitrogen and oxygen atoms in total. The van der Waals surface area contributed by atoms with Crippen LogP contribution in [0.1, 0.15) is 0 Å². The molecule has 5 heteroatoms. The van der Waals surface area contributed by atoms with E-state index in [4.69, 9.17) is 18.9 Å². The summed E-state index contributed by atoms with van der Waals surface area (Å²) in [7, 11) is 8.51. The summed E-state index contributed by atoms with van der Waals surface area (Å²) in [5.41, 5.74) is 1.12. The van der Waals surface area contributed by atoms with E-state index in [9.17, 15) is 0 Å². The van der Waals surface area contributed by atoms with Gasteiger partial charge in [0.25, 0.3) is 0 Å². The predicted molar refractivity (Wildman–Crippen MR) is 106 cm³/mol. The van der Waals surface area contributed by atoms with Crippen LogP contribution in [0, 0.1) is 0 Å². The second-order valence-corrected chi connectivity index (χ2v) is 6.34. The lowest BCUT2D eigenvalue weighted by Crippen LogP contribution is -2.28. The Balaban J connectivity index is 2.33. The summed E-state index contributed by atoms with van der Waals surface area (Å²) >= 11 is 0. The molecule has 0 saturated heterocycles. The molecule has 3 aromatic carbocycles. The largest absolute Gasteiger partial charge is 0.492 e. The van der Waals surface area contributed by atoms with Crippen LogP contribution in [0.2, 0.25) is 0 Å². The highest BCUT2D eigenvalue weighted by atomic mass is 16.5. The molecular weight excluding hydrogens is 342 g/mol. The first-order valence-electron chi connectivity index (χ1n) is 8.66. The van der Waals surface area contributed by atoms with Crippen molar-refractivity contribution in [2.45, 2.75) is 0 Å². The van der Waals surface area contributed by atoms with Gasteiger partial charge in [0.1, 0.15) is 7.05 Å². The van der Waals surface area contributed by atoms with Crippen LogP contribution < -0.4 is 23.5 Å². The Kier molecular flexibility index (Phi) is 4.15. The van der Waals surface area contributed by atoms with Crippen LogP contribution in [0.4, 0.5) is 0 Å². The van der Waals surface area contributed by atoms with Crippen molar-refractivity contribution in [3.8, 4) is 23.0 Å². The lowest BCUT2D eigenvalue weighted by molar-refractivity contribution is -0.642. The van der Waals surface area contributed by atoms with Crippen LogP contribution in [-0.4, -0.2) is 28.4 Å². The van der Waals surface area contributed by atoms with Gasteiger partial charge in [-0.1, -0.05) is 24.3 Å². The van der Waals surface area contributed by atoms with Crippen molar-refractivity contribution in [2.75, 3.05) is 28.4 Å². The van der Waals surface area contributed by atoms with Gasteiger partial charge in [-0.15, -0.1) is 0 Å². The van der Waals surface area contributed by atoms with Gasteiger partial charge in [0.2, 0.25) is 17.0 Å². The lowest BCUT2D eigenvalue weighted by Gasteiger charge is -2.19. The third-order valence-corrected chi connectivity index (χ3v) is 5.02. The number of ether oxygens (including phenoxy) is 4. The summed E-state index contributed by atoms with van der Waals surface area (Å²) in [5, 5.41) is 5.26. The van der Waals surface area contributed by atoms with Crippen LogP contribution in [0.25, 0.3) is 32.4 Å². The maximum Gasteiger partial charge on any atom is 0.220 e. The number of fused-ring (bicyclic) bond motifs is 5. The second kappa shape index (κ2) is 6.50. The Morgan fingerprint density at radius 3 is 1.93 bits per heavy atom. The van der Waals surface area contributed by atoms with Crippen molar-refractivity contribution in [2.24, 2.45) is 7.05 Å². The van der Waals surface area contributed by atoms with Crippen LogP contribution in [0.3, 0.4) is 0 Å². The summed E-state index contributed by atoms with van der Waals surface area (Å²) in [4.78, 5) is 0. The Morgan fingerprint density at radius 2 is 1.26 bits per heavy atom. The van der Waals surface area contributed by atoms with Gasteiger partial charge in [-0.2, -0.15) is 4.57 Å². The second-order valence-electron chi connectivity index (χ2n) is 6.34. The smallest absolute Gasteiger partial charge is 0.220 e. The van der Waals surface area contributed by atoms with E-state index >= 15 is 0 Å². The number of nitrogens with zero attached hydrogens (tertiary/aromatic N) is 1. The summed E-state index contributed by atoms with van der Waals surface area (Å²) in [6, 6.07) is 12.6. The van der Waals surface area contributed by atoms with E-state index < -0.39 is 0 Å². The van der Waals surface area contributed by atoms with Crippen LogP contribution >= 0.6 is 0 Å². The first kappa shape index (κ1) is 17.2. The third kappa shape index (κ3) is 2.35. The fourth-order valence-electron chi connectivity index (χ4n) is 3.93. The highest BCUT2D eigenvalue weighted by molar-refractivity contribution is 6.17. The van der Waals surface area contributed by atoms with Crippen LogP contribution in [0.5, 0.6) is 23.0 Å². The quantitative estimate of drug-likeness (QED) is 0.405. The molecule has 0 fully saturated rings. The summed E-state index contributed by atoms with van der Waals surface area (Å²) < 4.78 is 24.8. The Hall–Kier alpha value is -3.21. The van der Waals surface area contributed by atoms with Crippen molar-refractivity contribution in [3.63, 3.8) is 0 Å². The minimum atomic E-state index is 0.518. The summed E-state index contributed by atoms with van der Waals surface area (Å²) in [5.74, 6) is 2.29. The van der Waals surface area contributed by atoms with Gasteiger partial charge in [0.15, 0.2) is 17.7 Å². The van der Waals surface area contributed by atoms with Gasteiger partial charge in [0, 0.05) is 0 Å². The third-order valence-electron chi connectivity index (χ3n) is 5.02.